The van der Waals surface area contributed by atoms with E-state index in [1.54, 1.807) is 0 Å². The standard InChI is InChI=1S/C30H59O8P/c1-4-5-6-7-13-17-20-23-29(31)36-25-28(26-37-39(33,34)35)38-30(32)24-21-18-15-12-10-8-9-11-14-16-19-22-27(2)3/h27-28H,4-26H2,1-3H3,(H2,33,34,35)/t28-/m1/s1. The Hall–Kier alpha value is -0.950. The third-order valence-corrected chi connectivity index (χ3v) is 7.29. The number of hydrogen-bond donors (Lipinski definition) is 2. The third-order valence-electron chi connectivity index (χ3n) is 6.80. The largest absolute Gasteiger partial charge is 0.469 e. The molecule has 0 bridgehead atoms. The van der Waals surface area contributed by atoms with E-state index in [0.717, 1.165) is 44.4 Å². The van der Waals surface area contributed by atoms with Gasteiger partial charge in [-0.25, -0.2) is 4.57 Å². The van der Waals surface area contributed by atoms with Gasteiger partial charge < -0.3 is 19.3 Å². The number of esters is 2. The normalized spacial score (nSPS) is 12.6. The first-order valence-electron chi connectivity index (χ1n) is 15.7. The SMILES string of the molecule is CCCCCCCCCC(=O)OC[C@H](COP(=O)(O)O)OC(=O)CCCCCCCCCCCCCC(C)C. The van der Waals surface area contributed by atoms with Crippen molar-refractivity contribution < 1.29 is 37.9 Å². The molecule has 0 spiro atoms. The zero-order valence-corrected chi connectivity index (χ0v) is 26.1. The van der Waals surface area contributed by atoms with E-state index in [2.05, 4.69) is 25.3 Å². The Bertz CT molecular complexity index is 634. The second-order valence-corrected chi connectivity index (χ2v) is 12.5. The van der Waals surface area contributed by atoms with E-state index in [9.17, 15) is 14.2 Å². The first kappa shape index (κ1) is 38.0. The van der Waals surface area contributed by atoms with E-state index in [1.807, 2.05) is 0 Å². The van der Waals surface area contributed by atoms with Crippen LogP contribution >= 0.6 is 7.82 Å². The molecule has 0 fully saturated rings. The Labute approximate surface area is 238 Å². The lowest BCUT2D eigenvalue weighted by atomic mass is 10.0. The minimum Gasteiger partial charge on any atom is -0.462 e. The van der Waals surface area contributed by atoms with Gasteiger partial charge in [0.15, 0.2) is 6.10 Å². The summed E-state index contributed by atoms with van der Waals surface area (Å²) in [5.41, 5.74) is 0. The predicted molar refractivity (Wildman–Crippen MR) is 156 cm³/mol. The summed E-state index contributed by atoms with van der Waals surface area (Å²) in [5, 5.41) is 0. The molecule has 232 valence electrons. The van der Waals surface area contributed by atoms with Crippen LogP contribution in [0.15, 0.2) is 0 Å². The molecule has 0 rings (SSSR count). The zero-order valence-electron chi connectivity index (χ0n) is 25.2. The minimum atomic E-state index is -4.73. The van der Waals surface area contributed by atoms with Crippen molar-refractivity contribution in [1.29, 1.82) is 0 Å². The van der Waals surface area contributed by atoms with E-state index in [4.69, 9.17) is 19.3 Å². The smallest absolute Gasteiger partial charge is 0.462 e. The number of ether oxygens (including phenoxy) is 2. The molecule has 0 aromatic heterocycles. The molecule has 0 saturated heterocycles. The van der Waals surface area contributed by atoms with Crippen LogP contribution < -0.4 is 0 Å². The van der Waals surface area contributed by atoms with Crippen molar-refractivity contribution in [2.75, 3.05) is 13.2 Å². The summed E-state index contributed by atoms with van der Waals surface area (Å²) in [6, 6.07) is 0. The van der Waals surface area contributed by atoms with Crippen LogP contribution in [0.5, 0.6) is 0 Å². The maximum atomic E-state index is 12.2. The maximum Gasteiger partial charge on any atom is 0.469 e. The zero-order chi connectivity index (χ0) is 29.2. The second kappa shape index (κ2) is 26.0. The summed E-state index contributed by atoms with van der Waals surface area (Å²) < 4.78 is 26.1. The van der Waals surface area contributed by atoms with Gasteiger partial charge in [0.05, 0.1) is 6.61 Å². The monoisotopic (exact) mass is 578 g/mol. The Morgan fingerprint density at radius 1 is 0.641 bits per heavy atom. The van der Waals surface area contributed by atoms with Gasteiger partial charge in [0.25, 0.3) is 0 Å². The molecule has 9 heteroatoms. The van der Waals surface area contributed by atoms with Crippen LogP contribution in [0, 0.1) is 5.92 Å². The first-order chi connectivity index (χ1) is 18.6. The summed E-state index contributed by atoms with van der Waals surface area (Å²) in [7, 11) is -4.73. The van der Waals surface area contributed by atoms with E-state index in [1.165, 1.54) is 77.0 Å². The Morgan fingerprint density at radius 3 is 1.54 bits per heavy atom. The van der Waals surface area contributed by atoms with E-state index in [-0.39, 0.29) is 19.4 Å². The van der Waals surface area contributed by atoms with Gasteiger partial charge in [-0.15, -0.1) is 0 Å². The third kappa shape index (κ3) is 29.8. The molecule has 0 heterocycles. The van der Waals surface area contributed by atoms with E-state index in [0.29, 0.717) is 6.42 Å². The number of rotatable bonds is 28. The van der Waals surface area contributed by atoms with Crippen LogP contribution in [0.2, 0.25) is 0 Å². The van der Waals surface area contributed by atoms with Crippen molar-refractivity contribution in [3.05, 3.63) is 0 Å². The fraction of sp³-hybridized carbons (Fsp3) is 0.933. The van der Waals surface area contributed by atoms with Crippen molar-refractivity contribution in [2.45, 2.75) is 162 Å². The summed E-state index contributed by atoms with van der Waals surface area (Å²) in [6.07, 6.45) is 21.4. The molecule has 0 aliphatic carbocycles. The van der Waals surface area contributed by atoms with Gasteiger partial charge >= 0.3 is 19.8 Å². The molecule has 0 unspecified atom stereocenters. The number of phosphoric acid groups is 1. The van der Waals surface area contributed by atoms with Crippen LogP contribution in [0.4, 0.5) is 0 Å². The number of hydrogen-bond acceptors (Lipinski definition) is 6. The summed E-state index contributed by atoms with van der Waals surface area (Å²) >= 11 is 0. The first-order valence-corrected chi connectivity index (χ1v) is 17.2. The van der Waals surface area contributed by atoms with Gasteiger partial charge in [0.1, 0.15) is 6.61 Å². The summed E-state index contributed by atoms with van der Waals surface area (Å²) in [4.78, 5) is 42.2. The molecule has 0 aromatic carbocycles. The Morgan fingerprint density at radius 2 is 1.08 bits per heavy atom. The number of phosphoric ester groups is 1. The van der Waals surface area contributed by atoms with Crippen molar-refractivity contribution >= 4 is 19.8 Å². The molecule has 8 nitrogen and oxygen atoms in total. The lowest BCUT2D eigenvalue weighted by Crippen LogP contribution is -2.29. The second-order valence-electron chi connectivity index (χ2n) is 11.3. The number of carbonyl (C=O) groups is 2. The van der Waals surface area contributed by atoms with Gasteiger partial charge in [-0.1, -0.05) is 130 Å². The van der Waals surface area contributed by atoms with Crippen LogP contribution in [0.1, 0.15) is 156 Å². The summed E-state index contributed by atoms with van der Waals surface area (Å²) in [6.45, 7) is 5.93. The molecule has 2 N–H and O–H groups in total. The molecule has 0 aliphatic rings. The van der Waals surface area contributed by atoms with Gasteiger partial charge in [0.2, 0.25) is 0 Å². The molecule has 0 aliphatic heterocycles. The number of unbranched alkanes of at least 4 members (excludes halogenated alkanes) is 16. The molecule has 1 atom stereocenters. The van der Waals surface area contributed by atoms with Gasteiger partial charge in [0, 0.05) is 12.8 Å². The van der Waals surface area contributed by atoms with E-state index < -0.39 is 32.5 Å². The highest BCUT2D eigenvalue weighted by Crippen LogP contribution is 2.35. The lowest BCUT2D eigenvalue weighted by molar-refractivity contribution is -0.161. The van der Waals surface area contributed by atoms with Crippen molar-refractivity contribution in [2.24, 2.45) is 5.92 Å². The Balaban J connectivity index is 3.99. The van der Waals surface area contributed by atoms with Gasteiger partial charge in [-0.3, -0.25) is 14.1 Å². The fourth-order valence-corrected chi connectivity index (χ4v) is 4.80. The van der Waals surface area contributed by atoms with Crippen LogP contribution in [0.25, 0.3) is 0 Å². The summed E-state index contributed by atoms with van der Waals surface area (Å²) in [5.74, 6) is -0.0778. The van der Waals surface area contributed by atoms with Crippen LogP contribution in [-0.2, 0) is 28.2 Å². The van der Waals surface area contributed by atoms with Gasteiger partial charge in [-0.05, 0) is 18.8 Å². The number of carbonyl (C=O) groups excluding carboxylic acids is 2. The average molecular weight is 579 g/mol. The quantitative estimate of drug-likeness (QED) is 0.0539. The highest BCUT2D eigenvalue weighted by molar-refractivity contribution is 7.46. The maximum absolute atomic E-state index is 12.2. The Kier molecular flexibility index (Phi) is 25.3. The fourth-order valence-electron chi connectivity index (χ4n) is 4.44. The topological polar surface area (TPSA) is 119 Å². The minimum absolute atomic E-state index is 0.217. The predicted octanol–water partition coefficient (Wildman–Crippen LogP) is 8.42. The van der Waals surface area contributed by atoms with Crippen molar-refractivity contribution in [3.8, 4) is 0 Å². The molecular formula is C30H59O8P. The molecule has 39 heavy (non-hydrogen) atoms. The highest BCUT2D eigenvalue weighted by Gasteiger charge is 2.22. The molecule has 0 radical (unpaired) electrons. The molecular weight excluding hydrogens is 519 g/mol. The van der Waals surface area contributed by atoms with Crippen molar-refractivity contribution in [3.63, 3.8) is 0 Å². The highest BCUT2D eigenvalue weighted by atomic mass is 31.2. The molecule has 0 aromatic rings. The molecule has 0 amide bonds. The average Bonchev–Trinajstić information content (AvgIpc) is 2.87. The van der Waals surface area contributed by atoms with E-state index >= 15 is 0 Å². The van der Waals surface area contributed by atoms with Crippen LogP contribution in [0.3, 0.4) is 0 Å². The molecule has 0 saturated carbocycles. The lowest BCUT2D eigenvalue weighted by Gasteiger charge is -2.18. The van der Waals surface area contributed by atoms with Crippen LogP contribution in [-0.4, -0.2) is 41.0 Å². The van der Waals surface area contributed by atoms with Gasteiger partial charge in [-0.2, -0.15) is 0 Å². The van der Waals surface area contributed by atoms with Crippen molar-refractivity contribution in [1.82, 2.24) is 0 Å².